The molecule has 0 radical (unpaired) electrons. The van der Waals surface area contributed by atoms with Gasteiger partial charge in [-0.25, -0.2) is 4.79 Å². The Bertz CT molecular complexity index is 471. The van der Waals surface area contributed by atoms with Crippen molar-refractivity contribution in [1.82, 2.24) is 0 Å². The van der Waals surface area contributed by atoms with Crippen molar-refractivity contribution in [3.63, 3.8) is 0 Å². The highest BCUT2D eigenvalue weighted by Gasteiger charge is 2.11. The third kappa shape index (κ3) is 2.67. The van der Waals surface area contributed by atoms with E-state index in [1.807, 2.05) is 5.92 Å². The molecule has 0 bridgehead atoms. The Morgan fingerprint density at radius 2 is 2.06 bits per heavy atom. The number of methoxy groups -OCH3 is 2. The number of carboxylic acids is 1. The van der Waals surface area contributed by atoms with E-state index in [2.05, 4.69) is 21.9 Å². The number of aliphatic carboxylic acids is 1. The monoisotopic (exact) mass is 284 g/mol. The molecule has 0 atom stereocenters. The van der Waals surface area contributed by atoms with E-state index in [9.17, 15) is 4.79 Å². The zero-order valence-corrected chi connectivity index (χ0v) is 10.3. The second kappa shape index (κ2) is 5.42. The van der Waals surface area contributed by atoms with E-state index < -0.39 is 5.97 Å². The first-order valence-electron chi connectivity index (χ1n) is 4.25. The summed E-state index contributed by atoms with van der Waals surface area (Å²) in [4.78, 5) is 10.3. The van der Waals surface area contributed by atoms with Gasteiger partial charge in [0.25, 0.3) is 0 Å². The van der Waals surface area contributed by atoms with Crippen molar-refractivity contribution >= 4 is 21.9 Å². The average molecular weight is 285 g/mol. The molecule has 0 saturated carbocycles. The third-order valence-electron chi connectivity index (χ3n) is 1.79. The Balaban J connectivity index is 3.27. The summed E-state index contributed by atoms with van der Waals surface area (Å²) >= 11 is 3.29. The number of hydrogen-bond acceptors (Lipinski definition) is 3. The van der Waals surface area contributed by atoms with Crippen LogP contribution in [0.3, 0.4) is 0 Å². The Morgan fingerprint density at radius 1 is 1.38 bits per heavy atom. The molecule has 0 spiro atoms. The van der Waals surface area contributed by atoms with Crippen molar-refractivity contribution in [3.05, 3.63) is 22.2 Å². The number of carboxylic acid groups (broad SMARTS) is 1. The first kappa shape index (κ1) is 12.4. The quantitative estimate of drug-likeness (QED) is 0.843. The van der Waals surface area contributed by atoms with E-state index in [4.69, 9.17) is 14.6 Å². The van der Waals surface area contributed by atoms with Gasteiger partial charge >= 0.3 is 5.97 Å². The Labute approximate surface area is 101 Å². The second-order valence-electron chi connectivity index (χ2n) is 2.72. The molecule has 1 rings (SSSR count). The van der Waals surface area contributed by atoms with Crippen molar-refractivity contribution in [2.24, 2.45) is 0 Å². The highest BCUT2D eigenvalue weighted by molar-refractivity contribution is 9.10. The molecular weight excluding hydrogens is 276 g/mol. The molecule has 1 N–H and O–H groups in total. The van der Waals surface area contributed by atoms with Crippen molar-refractivity contribution in [2.45, 2.75) is 0 Å². The fraction of sp³-hybridized carbons (Fsp3) is 0.182. The summed E-state index contributed by atoms with van der Waals surface area (Å²) < 4.78 is 10.8. The van der Waals surface area contributed by atoms with Crippen molar-refractivity contribution < 1.29 is 19.4 Å². The summed E-state index contributed by atoms with van der Waals surface area (Å²) in [5.41, 5.74) is 0.484. The molecule has 0 aliphatic heterocycles. The van der Waals surface area contributed by atoms with Gasteiger partial charge in [0.1, 0.15) is 10.2 Å². The zero-order valence-electron chi connectivity index (χ0n) is 8.70. The SMILES string of the molecule is COc1ccc(C#CC(=O)O)c(OC)c1Br. The Hall–Kier alpha value is -1.67. The standard InChI is InChI=1S/C11H9BrO4/c1-15-8-5-3-7(4-6-9(13)14)11(16-2)10(8)12/h3,5H,1-2H3,(H,13,14). The Kier molecular flexibility index (Phi) is 4.20. The summed E-state index contributed by atoms with van der Waals surface area (Å²) in [6.45, 7) is 0. The predicted molar refractivity (Wildman–Crippen MR) is 61.8 cm³/mol. The van der Waals surface area contributed by atoms with E-state index >= 15 is 0 Å². The molecular formula is C11H9BrO4. The second-order valence-corrected chi connectivity index (χ2v) is 3.51. The maximum Gasteiger partial charge on any atom is 0.382 e. The number of hydrogen-bond donors (Lipinski definition) is 1. The van der Waals surface area contributed by atoms with E-state index in [1.165, 1.54) is 14.2 Å². The molecule has 84 valence electrons. The number of carbonyl (C=O) groups is 1. The lowest BCUT2D eigenvalue weighted by Gasteiger charge is -2.09. The minimum absolute atomic E-state index is 0.452. The highest BCUT2D eigenvalue weighted by Crippen LogP contribution is 2.36. The molecule has 5 heteroatoms. The van der Waals surface area contributed by atoms with Crippen LogP contribution in [-0.4, -0.2) is 25.3 Å². The van der Waals surface area contributed by atoms with Crippen molar-refractivity contribution in [2.75, 3.05) is 14.2 Å². The molecule has 0 amide bonds. The van der Waals surface area contributed by atoms with Crippen LogP contribution < -0.4 is 9.47 Å². The van der Waals surface area contributed by atoms with Gasteiger partial charge in [-0.05, 0) is 28.1 Å². The molecule has 0 heterocycles. The van der Waals surface area contributed by atoms with Crippen molar-refractivity contribution in [1.29, 1.82) is 0 Å². The molecule has 4 nitrogen and oxygen atoms in total. The van der Waals surface area contributed by atoms with Crippen LogP contribution in [0, 0.1) is 11.8 Å². The van der Waals surface area contributed by atoms with Crippen LogP contribution in [0.5, 0.6) is 11.5 Å². The molecule has 16 heavy (non-hydrogen) atoms. The van der Waals surface area contributed by atoms with Crippen LogP contribution in [0.25, 0.3) is 0 Å². The van der Waals surface area contributed by atoms with Crippen molar-refractivity contribution in [3.8, 4) is 23.3 Å². The third-order valence-corrected chi connectivity index (χ3v) is 2.54. The Morgan fingerprint density at radius 3 is 2.56 bits per heavy atom. The summed E-state index contributed by atoms with van der Waals surface area (Å²) in [6, 6.07) is 3.32. The molecule has 0 aliphatic rings. The number of halogens is 1. The average Bonchev–Trinajstić information content (AvgIpc) is 2.26. The summed E-state index contributed by atoms with van der Waals surface area (Å²) in [5.74, 6) is 4.38. The fourth-order valence-corrected chi connectivity index (χ4v) is 1.78. The lowest BCUT2D eigenvalue weighted by Crippen LogP contribution is -1.94. The van der Waals surface area contributed by atoms with Crippen LogP contribution in [0.1, 0.15) is 5.56 Å². The molecule has 0 fully saturated rings. The molecule has 1 aromatic rings. The van der Waals surface area contributed by atoms with Gasteiger partial charge in [-0.2, -0.15) is 0 Å². The number of benzene rings is 1. The number of rotatable bonds is 2. The molecule has 1 aromatic carbocycles. The molecule has 0 aliphatic carbocycles. The van der Waals surface area contributed by atoms with E-state index in [0.29, 0.717) is 21.5 Å². The van der Waals surface area contributed by atoms with Gasteiger partial charge in [-0.15, -0.1) is 0 Å². The lowest BCUT2D eigenvalue weighted by atomic mass is 10.2. The topological polar surface area (TPSA) is 55.8 Å². The van der Waals surface area contributed by atoms with Crippen LogP contribution in [0.15, 0.2) is 16.6 Å². The van der Waals surface area contributed by atoms with Gasteiger partial charge in [-0.3, -0.25) is 0 Å². The predicted octanol–water partition coefficient (Wildman–Crippen LogP) is 1.90. The zero-order chi connectivity index (χ0) is 12.1. The highest BCUT2D eigenvalue weighted by atomic mass is 79.9. The molecule has 0 aromatic heterocycles. The largest absolute Gasteiger partial charge is 0.495 e. The van der Waals surface area contributed by atoms with E-state index in [1.54, 1.807) is 12.1 Å². The van der Waals surface area contributed by atoms with Gasteiger partial charge in [0, 0.05) is 5.92 Å². The summed E-state index contributed by atoms with van der Waals surface area (Å²) in [6.07, 6.45) is 0. The minimum Gasteiger partial charge on any atom is -0.495 e. The van der Waals surface area contributed by atoms with Gasteiger partial charge in [0.2, 0.25) is 0 Å². The smallest absolute Gasteiger partial charge is 0.382 e. The molecule has 0 unspecified atom stereocenters. The summed E-state index contributed by atoms with van der Waals surface area (Å²) in [5, 5.41) is 8.46. The first-order chi connectivity index (χ1) is 7.60. The van der Waals surface area contributed by atoms with E-state index in [-0.39, 0.29) is 0 Å². The summed E-state index contributed by atoms with van der Waals surface area (Å²) in [7, 11) is 3.01. The van der Waals surface area contributed by atoms with Gasteiger partial charge < -0.3 is 14.6 Å². The molecule has 0 saturated heterocycles. The normalized spacial score (nSPS) is 8.94. The van der Waals surface area contributed by atoms with Gasteiger partial charge in [0.05, 0.1) is 19.8 Å². The maximum absolute atomic E-state index is 10.3. The first-order valence-corrected chi connectivity index (χ1v) is 5.05. The van der Waals surface area contributed by atoms with E-state index in [0.717, 1.165) is 0 Å². The fourth-order valence-electron chi connectivity index (χ4n) is 1.11. The lowest BCUT2D eigenvalue weighted by molar-refractivity contribution is -0.130. The number of ether oxygens (including phenoxy) is 2. The van der Waals surface area contributed by atoms with Crippen LogP contribution in [0.4, 0.5) is 0 Å². The van der Waals surface area contributed by atoms with Crippen LogP contribution in [0.2, 0.25) is 0 Å². The van der Waals surface area contributed by atoms with Crippen LogP contribution >= 0.6 is 15.9 Å². The maximum atomic E-state index is 10.3. The van der Waals surface area contributed by atoms with Crippen LogP contribution in [-0.2, 0) is 4.79 Å². The van der Waals surface area contributed by atoms with Gasteiger partial charge in [-0.1, -0.05) is 5.92 Å². The van der Waals surface area contributed by atoms with Gasteiger partial charge in [0.15, 0.2) is 5.75 Å². The minimum atomic E-state index is -1.19.